The SMILES string of the molecule is Cc1ccc(-c2ccc(N3CCOCC3)nn2)cc1S(=O)(=O)N1CCC(C)CC1. The molecule has 0 unspecified atom stereocenters. The van der Waals surface area contributed by atoms with E-state index >= 15 is 0 Å². The number of rotatable bonds is 4. The maximum atomic E-state index is 13.2. The Morgan fingerprint density at radius 1 is 1.00 bits per heavy atom. The third-order valence-electron chi connectivity index (χ3n) is 5.83. The molecule has 1 aromatic carbocycles. The summed E-state index contributed by atoms with van der Waals surface area (Å²) in [5.41, 5.74) is 2.19. The summed E-state index contributed by atoms with van der Waals surface area (Å²) in [6, 6.07) is 9.34. The zero-order valence-electron chi connectivity index (χ0n) is 17.0. The highest BCUT2D eigenvalue weighted by molar-refractivity contribution is 7.89. The molecule has 2 aromatic rings. The Bertz CT molecular complexity index is 948. The first-order valence-electron chi connectivity index (χ1n) is 10.2. The largest absolute Gasteiger partial charge is 0.378 e. The van der Waals surface area contributed by atoms with Crippen LogP contribution >= 0.6 is 0 Å². The summed E-state index contributed by atoms with van der Waals surface area (Å²) in [6.45, 7) is 8.18. The Balaban J connectivity index is 1.59. The summed E-state index contributed by atoms with van der Waals surface area (Å²) in [7, 11) is -3.51. The fourth-order valence-corrected chi connectivity index (χ4v) is 5.56. The van der Waals surface area contributed by atoms with Crippen LogP contribution in [0.25, 0.3) is 11.3 Å². The molecule has 8 heteroatoms. The fraction of sp³-hybridized carbons (Fsp3) is 0.524. The van der Waals surface area contributed by atoms with E-state index in [0.29, 0.717) is 42.8 Å². The lowest BCUT2D eigenvalue weighted by atomic mass is 10.0. The van der Waals surface area contributed by atoms with Crippen LogP contribution in [0, 0.1) is 12.8 Å². The number of nitrogens with zero attached hydrogens (tertiary/aromatic N) is 4. The second kappa shape index (κ2) is 8.38. The van der Waals surface area contributed by atoms with Gasteiger partial charge in [-0.2, -0.15) is 4.31 Å². The molecule has 0 aliphatic carbocycles. The van der Waals surface area contributed by atoms with Crippen molar-refractivity contribution in [1.29, 1.82) is 0 Å². The quantitative estimate of drug-likeness (QED) is 0.763. The number of hydrogen-bond donors (Lipinski definition) is 0. The van der Waals surface area contributed by atoms with Crippen LogP contribution in [0.5, 0.6) is 0 Å². The van der Waals surface area contributed by atoms with Crippen molar-refractivity contribution >= 4 is 15.8 Å². The Kier molecular flexibility index (Phi) is 5.85. The van der Waals surface area contributed by atoms with E-state index in [-0.39, 0.29) is 0 Å². The van der Waals surface area contributed by atoms with Gasteiger partial charge in [-0.15, -0.1) is 10.2 Å². The van der Waals surface area contributed by atoms with Gasteiger partial charge in [-0.1, -0.05) is 19.1 Å². The minimum absolute atomic E-state index is 0.364. The van der Waals surface area contributed by atoms with Gasteiger partial charge < -0.3 is 9.64 Å². The van der Waals surface area contributed by atoms with E-state index < -0.39 is 10.0 Å². The van der Waals surface area contributed by atoms with Crippen LogP contribution < -0.4 is 4.90 Å². The molecule has 0 radical (unpaired) electrons. The predicted octanol–water partition coefficient (Wildman–Crippen LogP) is 2.71. The number of anilines is 1. The summed E-state index contributed by atoms with van der Waals surface area (Å²) in [5.74, 6) is 1.40. The maximum Gasteiger partial charge on any atom is 0.243 e. The highest BCUT2D eigenvalue weighted by Gasteiger charge is 2.29. The van der Waals surface area contributed by atoms with Crippen molar-refractivity contribution in [3.8, 4) is 11.3 Å². The molecule has 0 bridgehead atoms. The van der Waals surface area contributed by atoms with E-state index in [9.17, 15) is 8.42 Å². The van der Waals surface area contributed by atoms with Crippen molar-refractivity contribution in [3.05, 3.63) is 35.9 Å². The molecule has 0 atom stereocenters. The normalized spacial score (nSPS) is 19.4. The molecule has 2 fully saturated rings. The van der Waals surface area contributed by atoms with E-state index in [1.54, 1.807) is 10.4 Å². The molecule has 4 rings (SSSR count). The number of ether oxygens (including phenoxy) is 1. The molecule has 2 saturated heterocycles. The van der Waals surface area contributed by atoms with Gasteiger partial charge in [0.25, 0.3) is 0 Å². The minimum atomic E-state index is -3.51. The molecule has 2 aliphatic heterocycles. The second-order valence-electron chi connectivity index (χ2n) is 7.94. The summed E-state index contributed by atoms with van der Waals surface area (Å²) in [6.07, 6.45) is 1.82. The van der Waals surface area contributed by atoms with E-state index in [2.05, 4.69) is 22.0 Å². The van der Waals surface area contributed by atoms with Gasteiger partial charge in [-0.05, 0) is 49.4 Å². The molecule has 29 heavy (non-hydrogen) atoms. The smallest absolute Gasteiger partial charge is 0.243 e. The van der Waals surface area contributed by atoms with Gasteiger partial charge in [0.05, 0.1) is 23.8 Å². The third kappa shape index (κ3) is 4.29. The lowest BCUT2D eigenvalue weighted by molar-refractivity contribution is 0.122. The Morgan fingerprint density at radius 2 is 1.72 bits per heavy atom. The topological polar surface area (TPSA) is 75.6 Å². The Hall–Kier alpha value is -2.03. The van der Waals surface area contributed by atoms with Gasteiger partial charge in [-0.3, -0.25) is 0 Å². The van der Waals surface area contributed by atoms with Crippen LogP contribution in [0.1, 0.15) is 25.3 Å². The molecule has 0 amide bonds. The maximum absolute atomic E-state index is 13.2. The zero-order valence-corrected chi connectivity index (χ0v) is 17.9. The Morgan fingerprint density at radius 3 is 2.38 bits per heavy atom. The molecule has 0 N–H and O–H groups in total. The zero-order chi connectivity index (χ0) is 20.4. The first kappa shape index (κ1) is 20.3. The Labute approximate surface area is 172 Å². The molecule has 0 saturated carbocycles. The number of piperidine rings is 1. The van der Waals surface area contributed by atoms with Gasteiger partial charge in [0, 0.05) is 31.7 Å². The van der Waals surface area contributed by atoms with Gasteiger partial charge in [0.2, 0.25) is 10.0 Å². The van der Waals surface area contributed by atoms with Crippen LogP contribution in [0.4, 0.5) is 5.82 Å². The van der Waals surface area contributed by atoms with Gasteiger partial charge >= 0.3 is 0 Å². The highest BCUT2D eigenvalue weighted by Crippen LogP contribution is 2.29. The van der Waals surface area contributed by atoms with Crippen LogP contribution in [0.3, 0.4) is 0 Å². The average molecular weight is 417 g/mol. The van der Waals surface area contributed by atoms with E-state index in [1.165, 1.54) is 0 Å². The lowest BCUT2D eigenvalue weighted by Crippen LogP contribution is -2.38. The number of benzene rings is 1. The number of morpholine rings is 1. The van der Waals surface area contributed by atoms with E-state index in [0.717, 1.165) is 42.9 Å². The number of aromatic nitrogens is 2. The minimum Gasteiger partial charge on any atom is -0.378 e. The molecule has 2 aliphatic rings. The van der Waals surface area contributed by atoms with Gasteiger partial charge in [0.1, 0.15) is 0 Å². The lowest BCUT2D eigenvalue weighted by Gasteiger charge is -2.30. The first-order valence-corrected chi connectivity index (χ1v) is 11.7. The predicted molar refractivity (Wildman–Crippen MR) is 112 cm³/mol. The molecular weight excluding hydrogens is 388 g/mol. The summed E-state index contributed by atoms with van der Waals surface area (Å²) in [5, 5.41) is 8.71. The molecule has 7 nitrogen and oxygen atoms in total. The van der Waals surface area contributed by atoms with Crippen LogP contribution in [0.15, 0.2) is 35.2 Å². The van der Waals surface area contributed by atoms with Crippen molar-refractivity contribution in [3.63, 3.8) is 0 Å². The van der Waals surface area contributed by atoms with Gasteiger partial charge in [0.15, 0.2) is 5.82 Å². The average Bonchev–Trinajstić information content (AvgIpc) is 2.75. The molecule has 1 aromatic heterocycles. The number of hydrogen-bond acceptors (Lipinski definition) is 6. The standard InChI is InChI=1S/C21H28N4O3S/c1-16-7-9-25(10-8-16)29(26,27)20-15-18(4-3-17(20)2)19-5-6-21(23-22-19)24-11-13-28-14-12-24/h3-6,15-16H,7-14H2,1-2H3. The third-order valence-corrected chi connectivity index (χ3v) is 7.87. The van der Waals surface area contributed by atoms with E-state index in [1.807, 2.05) is 31.2 Å². The van der Waals surface area contributed by atoms with Crippen molar-refractivity contribution in [2.75, 3.05) is 44.3 Å². The van der Waals surface area contributed by atoms with Crippen LogP contribution in [-0.2, 0) is 14.8 Å². The second-order valence-corrected chi connectivity index (χ2v) is 9.85. The van der Waals surface area contributed by atoms with E-state index in [4.69, 9.17) is 4.74 Å². The monoisotopic (exact) mass is 416 g/mol. The molecular formula is C21H28N4O3S. The van der Waals surface area contributed by atoms with Gasteiger partial charge in [-0.25, -0.2) is 8.42 Å². The van der Waals surface area contributed by atoms with Crippen molar-refractivity contribution in [2.24, 2.45) is 5.92 Å². The van der Waals surface area contributed by atoms with Crippen LogP contribution in [0.2, 0.25) is 0 Å². The van der Waals surface area contributed by atoms with Crippen LogP contribution in [-0.4, -0.2) is 62.3 Å². The highest BCUT2D eigenvalue weighted by atomic mass is 32.2. The number of sulfonamides is 1. The van der Waals surface area contributed by atoms with Crippen molar-refractivity contribution in [1.82, 2.24) is 14.5 Å². The summed E-state index contributed by atoms with van der Waals surface area (Å²) >= 11 is 0. The molecule has 3 heterocycles. The number of aryl methyl sites for hydroxylation is 1. The first-order chi connectivity index (χ1) is 13.9. The fourth-order valence-electron chi connectivity index (χ4n) is 3.84. The van der Waals surface area contributed by atoms with Crippen molar-refractivity contribution in [2.45, 2.75) is 31.6 Å². The summed E-state index contributed by atoms with van der Waals surface area (Å²) < 4.78 is 33.5. The molecule has 156 valence electrons. The summed E-state index contributed by atoms with van der Waals surface area (Å²) in [4.78, 5) is 2.51. The molecule has 0 spiro atoms. The van der Waals surface area contributed by atoms with Crippen molar-refractivity contribution < 1.29 is 13.2 Å².